The summed E-state index contributed by atoms with van der Waals surface area (Å²) in [5.74, 6) is 0.984. The lowest BCUT2D eigenvalue weighted by molar-refractivity contribution is -0.118. The van der Waals surface area contributed by atoms with Gasteiger partial charge in [0.15, 0.2) is 18.1 Å². The fourth-order valence-electron chi connectivity index (χ4n) is 3.21. The third-order valence-electron chi connectivity index (χ3n) is 4.98. The smallest absolute Gasteiger partial charge is 0.262 e. The predicted molar refractivity (Wildman–Crippen MR) is 131 cm³/mol. The number of methoxy groups -OCH3 is 2. The summed E-state index contributed by atoms with van der Waals surface area (Å²) in [6, 6.07) is 14.7. The van der Waals surface area contributed by atoms with E-state index in [1.54, 1.807) is 44.8 Å². The summed E-state index contributed by atoms with van der Waals surface area (Å²) in [4.78, 5) is 25.8. The van der Waals surface area contributed by atoms with Crippen LogP contribution >= 0.6 is 0 Å². The number of nitrogens with zero attached hydrogens (tertiary/aromatic N) is 3. The maximum Gasteiger partial charge on any atom is 0.262 e. The van der Waals surface area contributed by atoms with Gasteiger partial charge in [0.1, 0.15) is 5.69 Å². The van der Waals surface area contributed by atoms with Crippen molar-refractivity contribution < 1.29 is 19.0 Å². The third-order valence-corrected chi connectivity index (χ3v) is 4.98. The topological polar surface area (TPSA) is 95.5 Å². The van der Waals surface area contributed by atoms with Gasteiger partial charge in [-0.3, -0.25) is 9.78 Å². The van der Waals surface area contributed by atoms with Crippen LogP contribution in [0, 0.1) is 6.92 Å². The van der Waals surface area contributed by atoms with Gasteiger partial charge < -0.3 is 19.5 Å². The van der Waals surface area contributed by atoms with E-state index in [0.717, 1.165) is 11.1 Å². The highest BCUT2D eigenvalue weighted by Crippen LogP contribution is 2.32. The highest BCUT2D eigenvalue weighted by Gasteiger charge is 2.14. The first kappa shape index (κ1) is 22.7. The molecule has 4 aromatic rings. The number of hydrogen-bond donors (Lipinski definition) is 1. The van der Waals surface area contributed by atoms with Gasteiger partial charge in [-0.2, -0.15) is 0 Å². The number of aryl methyl sites for hydroxylation is 1. The van der Waals surface area contributed by atoms with Crippen LogP contribution in [0.5, 0.6) is 17.4 Å². The summed E-state index contributed by atoms with van der Waals surface area (Å²) >= 11 is 0. The van der Waals surface area contributed by atoms with Crippen molar-refractivity contribution in [3.8, 4) is 17.4 Å². The number of carbonyl (C=O) groups excluding carboxylic acids is 1. The summed E-state index contributed by atoms with van der Waals surface area (Å²) < 4.78 is 16.6. The molecule has 0 atom stereocenters. The second-order valence-electron chi connectivity index (χ2n) is 7.43. The minimum Gasteiger partial charge on any atom is -0.493 e. The van der Waals surface area contributed by atoms with E-state index >= 15 is 0 Å². The van der Waals surface area contributed by atoms with Gasteiger partial charge in [0.05, 0.1) is 25.3 Å². The van der Waals surface area contributed by atoms with Crippen LogP contribution in [0.25, 0.3) is 23.2 Å². The highest BCUT2D eigenvalue weighted by atomic mass is 16.5. The van der Waals surface area contributed by atoms with Crippen LogP contribution in [0.15, 0.2) is 60.9 Å². The standard InChI is InChI=1S/C26H24N4O4/c1-17-4-7-19(8-5-17)28-25(31)16-34-26-20(9-6-18-10-12-27-13-11-18)29-21-14-23(32-2)24(33-3)15-22(21)30-26/h4-15H,16H2,1-3H3,(H,28,31)/b9-6-. The van der Waals surface area contributed by atoms with Crippen LogP contribution in [0.1, 0.15) is 16.8 Å². The molecule has 2 heterocycles. The second kappa shape index (κ2) is 10.4. The third kappa shape index (κ3) is 5.47. The molecule has 1 amide bonds. The SMILES string of the molecule is COc1cc2nc(/C=C\c3ccncc3)c(OCC(=O)Nc3ccc(C)cc3)nc2cc1OC. The average Bonchev–Trinajstić information content (AvgIpc) is 2.87. The Balaban J connectivity index is 1.63. The first-order valence-electron chi connectivity index (χ1n) is 10.6. The molecule has 1 N–H and O–H groups in total. The van der Waals surface area contributed by atoms with Crippen molar-refractivity contribution in [1.82, 2.24) is 15.0 Å². The number of pyridine rings is 1. The molecule has 0 aliphatic carbocycles. The van der Waals surface area contributed by atoms with E-state index in [0.29, 0.717) is 33.9 Å². The van der Waals surface area contributed by atoms with Crippen LogP contribution in [-0.2, 0) is 4.79 Å². The Kier molecular flexibility index (Phi) is 6.98. The molecule has 0 aliphatic rings. The van der Waals surface area contributed by atoms with Crippen molar-refractivity contribution >= 4 is 34.8 Å². The number of hydrogen-bond acceptors (Lipinski definition) is 7. The molecule has 0 unspecified atom stereocenters. The number of carbonyl (C=O) groups is 1. The van der Waals surface area contributed by atoms with Gasteiger partial charge in [0, 0.05) is 30.2 Å². The number of rotatable bonds is 8. The Morgan fingerprint density at radius 1 is 0.912 bits per heavy atom. The van der Waals surface area contributed by atoms with Crippen molar-refractivity contribution in [2.24, 2.45) is 0 Å². The normalized spacial score (nSPS) is 10.9. The van der Waals surface area contributed by atoms with Gasteiger partial charge in [0.25, 0.3) is 5.91 Å². The first-order chi connectivity index (χ1) is 16.6. The molecule has 172 valence electrons. The molecule has 2 aromatic carbocycles. The molecule has 0 spiro atoms. The predicted octanol–water partition coefficient (Wildman–Crippen LogP) is 4.54. The molecular formula is C26H24N4O4. The van der Waals surface area contributed by atoms with Crippen molar-refractivity contribution in [3.05, 3.63) is 77.7 Å². The monoisotopic (exact) mass is 456 g/mol. The summed E-state index contributed by atoms with van der Waals surface area (Å²) in [7, 11) is 3.11. The van der Waals surface area contributed by atoms with Crippen LogP contribution in [0.4, 0.5) is 5.69 Å². The Bertz CT molecular complexity index is 1320. The Hall–Kier alpha value is -4.46. The molecule has 0 fully saturated rings. The van der Waals surface area contributed by atoms with Crippen molar-refractivity contribution in [2.75, 3.05) is 26.1 Å². The molecule has 0 saturated carbocycles. The van der Waals surface area contributed by atoms with Gasteiger partial charge in [0.2, 0.25) is 5.88 Å². The lowest BCUT2D eigenvalue weighted by Crippen LogP contribution is -2.21. The number of fused-ring (bicyclic) bond motifs is 1. The number of benzene rings is 2. The number of ether oxygens (including phenoxy) is 3. The second-order valence-corrected chi connectivity index (χ2v) is 7.43. The zero-order valence-corrected chi connectivity index (χ0v) is 19.1. The van der Waals surface area contributed by atoms with Gasteiger partial charge in [-0.25, -0.2) is 9.97 Å². The highest BCUT2D eigenvalue weighted by molar-refractivity contribution is 5.92. The summed E-state index contributed by atoms with van der Waals surface area (Å²) in [6.07, 6.45) is 7.06. The van der Waals surface area contributed by atoms with E-state index < -0.39 is 0 Å². The summed E-state index contributed by atoms with van der Waals surface area (Å²) in [5, 5.41) is 2.81. The molecule has 0 aliphatic heterocycles. The van der Waals surface area contributed by atoms with Crippen LogP contribution < -0.4 is 19.5 Å². The summed E-state index contributed by atoms with van der Waals surface area (Å²) in [5.41, 5.74) is 4.36. The fourth-order valence-corrected chi connectivity index (χ4v) is 3.21. The van der Waals surface area contributed by atoms with Gasteiger partial charge in [-0.15, -0.1) is 0 Å². The fraction of sp³-hybridized carbons (Fsp3) is 0.154. The van der Waals surface area contributed by atoms with Crippen molar-refractivity contribution in [1.29, 1.82) is 0 Å². The van der Waals surface area contributed by atoms with Gasteiger partial charge >= 0.3 is 0 Å². The molecule has 0 bridgehead atoms. The summed E-state index contributed by atoms with van der Waals surface area (Å²) in [6.45, 7) is 1.76. The number of aromatic nitrogens is 3. The van der Waals surface area contributed by atoms with E-state index in [9.17, 15) is 4.79 Å². The van der Waals surface area contributed by atoms with E-state index in [4.69, 9.17) is 14.2 Å². The maximum absolute atomic E-state index is 12.5. The number of anilines is 1. The molecule has 0 saturated heterocycles. The van der Waals surface area contributed by atoms with Gasteiger partial charge in [-0.05, 0) is 42.8 Å². The van der Waals surface area contributed by atoms with E-state index in [-0.39, 0.29) is 18.4 Å². The minimum absolute atomic E-state index is 0.225. The van der Waals surface area contributed by atoms with Crippen LogP contribution in [-0.4, -0.2) is 41.7 Å². The van der Waals surface area contributed by atoms with Gasteiger partial charge in [-0.1, -0.05) is 23.8 Å². The quantitative estimate of drug-likeness (QED) is 0.416. The van der Waals surface area contributed by atoms with Crippen molar-refractivity contribution in [2.45, 2.75) is 6.92 Å². The molecule has 34 heavy (non-hydrogen) atoms. The average molecular weight is 457 g/mol. The Labute approximate surface area is 197 Å². The number of nitrogens with one attached hydrogen (secondary N) is 1. The number of amides is 1. The lowest BCUT2D eigenvalue weighted by Gasteiger charge is -2.12. The van der Waals surface area contributed by atoms with Crippen molar-refractivity contribution in [3.63, 3.8) is 0 Å². The first-order valence-corrected chi connectivity index (χ1v) is 10.6. The molecule has 8 heteroatoms. The minimum atomic E-state index is -0.304. The van der Waals surface area contributed by atoms with E-state index in [1.807, 2.05) is 49.4 Å². The largest absolute Gasteiger partial charge is 0.493 e. The molecule has 4 rings (SSSR count). The molecular weight excluding hydrogens is 432 g/mol. The van der Waals surface area contributed by atoms with E-state index in [1.165, 1.54) is 0 Å². The lowest BCUT2D eigenvalue weighted by atomic mass is 10.2. The van der Waals surface area contributed by atoms with Crippen LogP contribution in [0.2, 0.25) is 0 Å². The molecule has 2 aromatic heterocycles. The zero-order valence-electron chi connectivity index (χ0n) is 19.1. The Morgan fingerprint density at radius 2 is 1.56 bits per heavy atom. The molecule has 8 nitrogen and oxygen atoms in total. The Morgan fingerprint density at radius 3 is 2.21 bits per heavy atom. The zero-order chi connectivity index (χ0) is 23.9. The molecule has 0 radical (unpaired) electrons. The maximum atomic E-state index is 12.5. The van der Waals surface area contributed by atoms with Crippen LogP contribution in [0.3, 0.4) is 0 Å². The van der Waals surface area contributed by atoms with E-state index in [2.05, 4.69) is 20.3 Å².